The molecular weight excluding hydrogens is 506 g/mol. The Hall–Kier alpha value is -4.15. The second-order valence-corrected chi connectivity index (χ2v) is 8.89. The number of carbonyl (C=O) groups is 4. The zero-order valence-electron chi connectivity index (χ0n) is 18.7. The topological polar surface area (TPSA) is 145 Å². The normalized spacial score (nSPS) is 11.6. The molecule has 9 nitrogen and oxygen atoms in total. The van der Waals surface area contributed by atoms with Crippen molar-refractivity contribution >= 4 is 52.7 Å². The van der Waals surface area contributed by atoms with Crippen LogP contribution >= 0.6 is 22.9 Å². The second kappa shape index (κ2) is 12.5. The van der Waals surface area contributed by atoms with Crippen LogP contribution < -0.4 is 16.0 Å². The number of hydrogen-bond donors (Lipinski definition) is 5. The standard InChI is InChI=1S/C25H22ClN3O6S/c26-20-12-16(23(32)28-13-15-3-1-4-17(30)11-15)6-8-19(20)24(33)29-21(25(34)35)14-27-22(31)9-7-18-5-2-10-36-18/h1-12,21,30H,13-14H2,(H,27,31)(H,28,32)(H,29,33)(H,34,35)/b9-7+/t21-/m0/s1. The minimum absolute atomic E-state index is 0.0311. The summed E-state index contributed by atoms with van der Waals surface area (Å²) in [5, 5.41) is 28.2. The molecule has 0 bridgehead atoms. The highest BCUT2D eigenvalue weighted by atomic mass is 35.5. The van der Waals surface area contributed by atoms with Crippen LogP contribution in [0.3, 0.4) is 0 Å². The summed E-state index contributed by atoms with van der Waals surface area (Å²) in [6, 6.07) is 12.7. The van der Waals surface area contributed by atoms with Gasteiger partial charge in [0.25, 0.3) is 11.8 Å². The molecule has 0 fully saturated rings. The van der Waals surface area contributed by atoms with Crippen LogP contribution in [0.2, 0.25) is 5.02 Å². The molecule has 0 aliphatic heterocycles. The molecule has 2 aromatic carbocycles. The minimum atomic E-state index is -1.40. The van der Waals surface area contributed by atoms with E-state index in [1.54, 1.807) is 18.2 Å². The van der Waals surface area contributed by atoms with Gasteiger partial charge in [0, 0.05) is 29.6 Å². The minimum Gasteiger partial charge on any atom is -0.508 e. The van der Waals surface area contributed by atoms with Crippen LogP contribution in [0.15, 0.2) is 66.1 Å². The monoisotopic (exact) mass is 527 g/mol. The largest absolute Gasteiger partial charge is 0.508 e. The second-order valence-electron chi connectivity index (χ2n) is 7.51. The number of thiophene rings is 1. The van der Waals surface area contributed by atoms with Crippen molar-refractivity contribution < 1.29 is 29.4 Å². The number of hydrogen-bond acceptors (Lipinski definition) is 6. The van der Waals surface area contributed by atoms with E-state index in [1.165, 1.54) is 47.7 Å². The number of carbonyl (C=O) groups excluding carboxylic acids is 3. The fourth-order valence-electron chi connectivity index (χ4n) is 3.03. The molecule has 5 N–H and O–H groups in total. The molecule has 0 spiro atoms. The van der Waals surface area contributed by atoms with Crippen LogP contribution in [-0.2, 0) is 16.1 Å². The Labute approximate surface area is 215 Å². The fraction of sp³-hybridized carbons (Fsp3) is 0.120. The fourth-order valence-corrected chi connectivity index (χ4v) is 3.92. The first-order chi connectivity index (χ1) is 17.2. The number of nitrogens with one attached hydrogen (secondary N) is 3. The molecule has 0 saturated heterocycles. The highest BCUT2D eigenvalue weighted by Crippen LogP contribution is 2.19. The highest BCUT2D eigenvalue weighted by Gasteiger charge is 2.23. The number of benzene rings is 2. The third-order valence-electron chi connectivity index (χ3n) is 4.87. The number of carboxylic acids is 1. The van der Waals surface area contributed by atoms with Crippen LogP contribution in [0.5, 0.6) is 5.75 Å². The van der Waals surface area contributed by atoms with Crippen LogP contribution in [0, 0.1) is 0 Å². The predicted molar refractivity (Wildman–Crippen MR) is 136 cm³/mol. The van der Waals surface area contributed by atoms with Gasteiger partial charge in [-0.1, -0.05) is 29.8 Å². The van der Waals surface area contributed by atoms with Crippen molar-refractivity contribution in [1.82, 2.24) is 16.0 Å². The third kappa shape index (κ3) is 7.69. The van der Waals surface area contributed by atoms with Crippen LogP contribution in [0.25, 0.3) is 6.08 Å². The molecule has 3 amide bonds. The first-order valence-corrected chi connectivity index (χ1v) is 11.9. The first-order valence-electron chi connectivity index (χ1n) is 10.6. The van der Waals surface area contributed by atoms with E-state index in [0.29, 0.717) is 5.56 Å². The lowest BCUT2D eigenvalue weighted by Crippen LogP contribution is -2.48. The van der Waals surface area contributed by atoms with Gasteiger partial charge in [-0.15, -0.1) is 11.3 Å². The van der Waals surface area contributed by atoms with Gasteiger partial charge in [-0.05, 0) is 53.4 Å². The Kier molecular flexibility index (Phi) is 9.20. The number of phenolic OH excluding ortho intramolecular Hbond substituents is 1. The molecule has 3 rings (SSSR count). The van der Waals surface area contributed by atoms with E-state index >= 15 is 0 Å². The Bertz CT molecular complexity index is 1290. The van der Waals surface area contributed by atoms with Gasteiger partial charge in [-0.3, -0.25) is 14.4 Å². The number of halogens is 1. The Balaban J connectivity index is 1.57. The van der Waals surface area contributed by atoms with Gasteiger partial charge >= 0.3 is 5.97 Å². The zero-order chi connectivity index (χ0) is 26.1. The lowest BCUT2D eigenvalue weighted by atomic mass is 10.1. The lowest BCUT2D eigenvalue weighted by molar-refractivity contribution is -0.139. The summed E-state index contributed by atoms with van der Waals surface area (Å²) in [5.74, 6) is -3.00. The average Bonchev–Trinajstić information content (AvgIpc) is 3.37. The summed E-state index contributed by atoms with van der Waals surface area (Å²) < 4.78 is 0. The van der Waals surface area contributed by atoms with Crippen LogP contribution in [0.4, 0.5) is 0 Å². The van der Waals surface area contributed by atoms with Crippen molar-refractivity contribution in [2.45, 2.75) is 12.6 Å². The van der Waals surface area contributed by atoms with Crippen LogP contribution in [0.1, 0.15) is 31.2 Å². The molecule has 186 valence electrons. The van der Waals surface area contributed by atoms with Gasteiger partial charge in [0.15, 0.2) is 0 Å². The van der Waals surface area contributed by atoms with Crippen molar-refractivity contribution in [1.29, 1.82) is 0 Å². The molecule has 1 heterocycles. The number of aromatic hydroxyl groups is 1. The van der Waals surface area contributed by atoms with Crippen molar-refractivity contribution in [3.05, 3.63) is 92.6 Å². The van der Waals surface area contributed by atoms with Gasteiger partial charge in [0.2, 0.25) is 5.91 Å². The molecule has 11 heteroatoms. The molecule has 0 unspecified atom stereocenters. The summed E-state index contributed by atoms with van der Waals surface area (Å²) in [5.41, 5.74) is 0.854. The maximum atomic E-state index is 12.6. The number of phenols is 1. The van der Waals surface area contributed by atoms with Gasteiger partial charge in [-0.2, -0.15) is 0 Å². The molecule has 0 aliphatic carbocycles. The molecule has 0 aliphatic rings. The Morgan fingerprint density at radius 3 is 2.47 bits per heavy atom. The highest BCUT2D eigenvalue weighted by molar-refractivity contribution is 7.10. The Morgan fingerprint density at radius 1 is 1.00 bits per heavy atom. The van der Waals surface area contributed by atoms with E-state index in [0.717, 1.165) is 4.88 Å². The van der Waals surface area contributed by atoms with E-state index in [2.05, 4.69) is 16.0 Å². The van der Waals surface area contributed by atoms with Crippen molar-refractivity contribution in [2.75, 3.05) is 6.54 Å². The summed E-state index contributed by atoms with van der Waals surface area (Å²) in [4.78, 5) is 49.5. The predicted octanol–water partition coefficient (Wildman–Crippen LogP) is 3.05. The average molecular weight is 528 g/mol. The number of carboxylic acid groups (broad SMARTS) is 1. The zero-order valence-corrected chi connectivity index (χ0v) is 20.3. The third-order valence-corrected chi connectivity index (χ3v) is 6.02. The van der Waals surface area contributed by atoms with E-state index in [1.807, 2.05) is 17.5 Å². The van der Waals surface area contributed by atoms with Crippen molar-refractivity contribution in [3.8, 4) is 5.75 Å². The molecule has 1 atom stereocenters. The number of aliphatic carboxylic acids is 1. The lowest BCUT2D eigenvalue weighted by Gasteiger charge is -2.15. The Morgan fingerprint density at radius 2 is 1.81 bits per heavy atom. The summed E-state index contributed by atoms with van der Waals surface area (Å²) in [6.45, 7) is -0.177. The summed E-state index contributed by atoms with van der Waals surface area (Å²) in [6.07, 6.45) is 2.86. The van der Waals surface area contributed by atoms with Crippen molar-refractivity contribution in [3.63, 3.8) is 0 Å². The molecule has 0 saturated carbocycles. The van der Waals surface area contributed by atoms with Gasteiger partial charge < -0.3 is 26.2 Å². The van der Waals surface area contributed by atoms with Gasteiger partial charge in [0.05, 0.1) is 10.6 Å². The molecule has 1 aromatic heterocycles. The van der Waals surface area contributed by atoms with Gasteiger partial charge in [0.1, 0.15) is 11.8 Å². The quantitative estimate of drug-likeness (QED) is 0.256. The summed E-state index contributed by atoms with van der Waals surface area (Å²) >= 11 is 7.63. The number of amides is 3. The van der Waals surface area contributed by atoms with E-state index in [4.69, 9.17) is 11.6 Å². The van der Waals surface area contributed by atoms with E-state index in [9.17, 15) is 29.4 Å². The van der Waals surface area contributed by atoms with Gasteiger partial charge in [-0.25, -0.2) is 4.79 Å². The molecule has 36 heavy (non-hydrogen) atoms. The molecular formula is C25H22ClN3O6S. The van der Waals surface area contributed by atoms with Crippen LogP contribution in [-0.4, -0.2) is 46.5 Å². The molecule has 0 radical (unpaired) electrons. The maximum Gasteiger partial charge on any atom is 0.328 e. The molecule has 3 aromatic rings. The van der Waals surface area contributed by atoms with E-state index in [-0.39, 0.29) is 35.0 Å². The smallest absolute Gasteiger partial charge is 0.328 e. The van der Waals surface area contributed by atoms with Crippen molar-refractivity contribution in [2.24, 2.45) is 0 Å². The summed E-state index contributed by atoms with van der Waals surface area (Å²) in [7, 11) is 0. The first kappa shape index (κ1) is 26.5. The van der Waals surface area contributed by atoms with E-state index < -0.39 is 29.7 Å². The maximum absolute atomic E-state index is 12.6. The number of rotatable bonds is 10. The SMILES string of the molecule is O=C(/C=C/c1cccs1)NC[C@H](NC(=O)c1ccc(C(=O)NCc2cccc(O)c2)cc1Cl)C(=O)O.